The average molecular weight is 282 g/mol. The van der Waals surface area contributed by atoms with Crippen LogP contribution in [0.3, 0.4) is 0 Å². The maximum Gasteiger partial charge on any atom is 0.227 e. The van der Waals surface area contributed by atoms with Crippen LogP contribution in [0.2, 0.25) is 0 Å². The summed E-state index contributed by atoms with van der Waals surface area (Å²) in [6.07, 6.45) is 0.505. The van der Waals surface area contributed by atoms with Crippen LogP contribution in [0.4, 0.5) is 5.82 Å². The van der Waals surface area contributed by atoms with Gasteiger partial charge in [0, 0.05) is 47.7 Å². The van der Waals surface area contributed by atoms with Gasteiger partial charge in [-0.15, -0.1) is 0 Å². The second kappa shape index (κ2) is 5.96. The van der Waals surface area contributed by atoms with Gasteiger partial charge in [0.15, 0.2) is 5.82 Å². The number of H-pyrrole nitrogens is 1. The molecule has 1 saturated heterocycles. The predicted molar refractivity (Wildman–Crippen MR) is 79.7 cm³/mol. The van der Waals surface area contributed by atoms with E-state index >= 15 is 0 Å². The molecule has 5 nitrogen and oxygen atoms in total. The number of nitrogens with one attached hydrogen (secondary N) is 3. The summed E-state index contributed by atoms with van der Waals surface area (Å²) >= 11 is 1.89. The van der Waals surface area contributed by atoms with Crippen LogP contribution in [-0.2, 0) is 10.2 Å². The number of anilines is 1. The lowest BCUT2D eigenvalue weighted by molar-refractivity contribution is -0.116. The molecule has 0 aliphatic carbocycles. The van der Waals surface area contributed by atoms with Crippen molar-refractivity contribution >= 4 is 23.5 Å². The molecule has 0 radical (unpaired) electrons. The van der Waals surface area contributed by atoms with Gasteiger partial charge in [0.05, 0.1) is 0 Å². The Kier molecular flexibility index (Phi) is 4.52. The number of aromatic amines is 1. The summed E-state index contributed by atoms with van der Waals surface area (Å²) in [6, 6.07) is 2.18. The van der Waals surface area contributed by atoms with E-state index in [1.807, 2.05) is 17.8 Å². The summed E-state index contributed by atoms with van der Waals surface area (Å²) in [5, 5.41) is 13.3. The van der Waals surface area contributed by atoms with E-state index in [4.69, 9.17) is 0 Å². The molecule has 1 atom stereocenters. The molecule has 1 aliphatic rings. The minimum atomic E-state index is 0.0115. The highest BCUT2D eigenvalue weighted by Gasteiger charge is 2.19. The first-order valence-electron chi connectivity index (χ1n) is 6.62. The normalized spacial score (nSPS) is 20.3. The SMILES string of the molecule is CC(C)(C)c1cc(NC(=O)CC2CSCCN2)n[nH]1. The highest BCUT2D eigenvalue weighted by Crippen LogP contribution is 2.22. The topological polar surface area (TPSA) is 69.8 Å². The molecule has 1 fully saturated rings. The van der Waals surface area contributed by atoms with Gasteiger partial charge in [0.25, 0.3) is 0 Å². The zero-order valence-electron chi connectivity index (χ0n) is 11.7. The largest absolute Gasteiger partial charge is 0.312 e. The van der Waals surface area contributed by atoms with Gasteiger partial charge in [-0.2, -0.15) is 16.9 Å². The van der Waals surface area contributed by atoms with Crippen LogP contribution < -0.4 is 10.6 Å². The minimum absolute atomic E-state index is 0.0115. The first kappa shape index (κ1) is 14.4. The smallest absolute Gasteiger partial charge is 0.227 e. The van der Waals surface area contributed by atoms with Crippen LogP contribution in [0, 0.1) is 0 Å². The molecular weight excluding hydrogens is 260 g/mol. The quantitative estimate of drug-likeness (QED) is 0.790. The molecule has 2 rings (SSSR count). The fraction of sp³-hybridized carbons (Fsp3) is 0.692. The Hall–Kier alpha value is -1.01. The molecule has 0 saturated carbocycles. The number of carbonyl (C=O) groups excluding carboxylic acids is 1. The Morgan fingerprint density at radius 2 is 2.37 bits per heavy atom. The number of aromatic nitrogens is 2. The van der Waals surface area contributed by atoms with Crippen molar-refractivity contribution in [2.45, 2.75) is 38.6 Å². The average Bonchev–Trinajstić information content (AvgIpc) is 2.78. The third-order valence-corrected chi connectivity index (χ3v) is 4.21. The maximum atomic E-state index is 11.9. The van der Waals surface area contributed by atoms with Crippen molar-refractivity contribution in [3.8, 4) is 0 Å². The standard InChI is InChI=1S/C13H22N4OS/c1-13(2,3)10-7-11(17-16-10)15-12(18)6-9-8-19-5-4-14-9/h7,9,14H,4-6,8H2,1-3H3,(H2,15,16,17,18). The first-order chi connectivity index (χ1) is 8.95. The summed E-state index contributed by atoms with van der Waals surface area (Å²) in [6.45, 7) is 7.30. The van der Waals surface area contributed by atoms with Gasteiger partial charge in [0.2, 0.25) is 5.91 Å². The Balaban J connectivity index is 1.86. The van der Waals surface area contributed by atoms with E-state index in [0.717, 1.165) is 23.7 Å². The predicted octanol–water partition coefficient (Wildman–Crippen LogP) is 1.74. The molecule has 1 amide bonds. The van der Waals surface area contributed by atoms with Crippen molar-refractivity contribution in [2.24, 2.45) is 0 Å². The lowest BCUT2D eigenvalue weighted by atomic mass is 9.92. The third kappa shape index (κ3) is 4.24. The Morgan fingerprint density at radius 3 is 2.95 bits per heavy atom. The lowest BCUT2D eigenvalue weighted by Crippen LogP contribution is -2.39. The molecule has 6 heteroatoms. The van der Waals surface area contributed by atoms with Crippen LogP contribution >= 0.6 is 11.8 Å². The van der Waals surface area contributed by atoms with E-state index in [1.165, 1.54) is 0 Å². The van der Waals surface area contributed by atoms with Gasteiger partial charge in [-0.25, -0.2) is 0 Å². The monoisotopic (exact) mass is 282 g/mol. The molecule has 0 aromatic carbocycles. The number of nitrogens with zero attached hydrogens (tertiary/aromatic N) is 1. The van der Waals surface area contributed by atoms with Crippen LogP contribution in [0.1, 0.15) is 32.9 Å². The fourth-order valence-electron chi connectivity index (χ4n) is 1.94. The molecule has 2 heterocycles. The van der Waals surface area contributed by atoms with E-state index in [-0.39, 0.29) is 17.4 Å². The number of thioether (sulfide) groups is 1. The first-order valence-corrected chi connectivity index (χ1v) is 7.77. The van der Waals surface area contributed by atoms with Crippen LogP contribution in [0.15, 0.2) is 6.07 Å². The summed E-state index contributed by atoms with van der Waals surface area (Å²) in [5.41, 5.74) is 1.03. The van der Waals surface area contributed by atoms with Gasteiger partial charge < -0.3 is 10.6 Å². The van der Waals surface area contributed by atoms with E-state index in [0.29, 0.717) is 12.2 Å². The van der Waals surface area contributed by atoms with Gasteiger partial charge in [-0.1, -0.05) is 20.8 Å². The van der Waals surface area contributed by atoms with Gasteiger partial charge in [0.1, 0.15) is 0 Å². The second-order valence-corrected chi connectivity index (χ2v) is 7.04. The third-order valence-electron chi connectivity index (χ3n) is 3.08. The maximum absolute atomic E-state index is 11.9. The van der Waals surface area contributed by atoms with Crippen molar-refractivity contribution in [3.05, 3.63) is 11.8 Å². The molecule has 0 bridgehead atoms. The van der Waals surface area contributed by atoms with Crippen molar-refractivity contribution in [1.29, 1.82) is 0 Å². The Morgan fingerprint density at radius 1 is 1.58 bits per heavy atom. The second-order valence-electron chi connectivity index (χ2n) is 5.90. The van der Waals surface area contributed by atoms with Crippen LogP contribution in [0.5, 0.6) is 0 Å². The number of hydrogen-bond acceptors (Lipinski definition) is 4. The summed E-state index contributed by atoms with van der Waals surface area (Å²) < 4.78 is 0. The summed E-state index contributed by atoms with van der Waals surface area (Å²) in [7, 11) is 0. The van der Waals surface area contributed by atoms with Gasteiger partial charge in [-0.05, 0) is 0 Å². The lowest BCUT2D eigenvalue weighted by Gasteiger charge is -2.22. The molecule has 106 valence electrons. The van der Waals surface area contributed by atoms with E-state index in [2.05, 4.69) is 41.6 Å². The van der Waals surface area contributed by atoms with Gasteiger partial charge >= 0.3 is 0 Å². The van der Waals surface area contributed by atoms with Crippen LogP contribution in [-0.4, -0.2) is 40.2 Å². The Bertz CT molecular complexity index is 432. The zero-order valence-corrected chi connectivity index (χ0v) is 12.6. The molecule has 3 N–H and O–H groups in total. The molecule has 1 aromatic heterocycles. The summed E-state index contributed by atoms with van der Waals surface area (Å²) in [4.78, 5) is 11.9. The van der Waals surface area contributed by atoms with Crippen molar-refractivity contribution in [3.63, 3.8) is 0 Å². The van der Waals surface area contributed by atoms with E-state index < -0.39 is 0 Å². The summed E-state index contributed by atoms with van der Waals surface area (Å²) in [5.74, 6) is 2.76. The zero-order chi connectivity index (χ0) is 13.9. The molecule has 1 aromatic rings. The highest BCUT2D eigenvalue weighted by atomic mass is 32.2. The molecule has 19 heavy (non-hydrogen) atoms. The molecule has 1 unspecified atom stereocenters. The minimum Gasteiger partial charge on any atom is -0.312 e. The van der Waals surface area contributed by atoms with Gasteiger partial charge in [-0.3, -0.25) is 9.89 Å². The molecule has 0 spiro atoms. The molecular formula is C13H22N4OS. The number of rotatable bonds is 3. The van der Waals surface area contributed by atoms with E-state index in [9.17, 15) is 4.79 Å². The van der Waals surface area contributed by atoms with Crippen molar-refractivity contribution in [1.82, 2.24) is 15.5 Å². The van der Waals surface area contributed by atoms with E-state index in [1.54, 1.807) is 0 Å². The molecule has 1 aliphatic heterocycles. The van der Waals surface area contributed by atoms with Crippen molar-refractivity contribution < 1.29 is 4.79 Å². The highest BCUT2D eigenvalue weighted by molar-refractivity contribution is 7.99. The Labute approximate surface area is 118 Å². The van der Waals surface area contributed by atoms with Crippen molar-refractivity contribution in [2.75, 3.05) is 23.4 Å². The number of hydrogen-bond donors (Lipinski definition) is 3. The fourth-order valence-corrected chi connectivity index (χ4v) is 2.89. The number of amides is 1. The van der Waals surface area contributed by atoms with Crippen LogP contribution in [0.25, 0.3) is 0 Å². The number of carbonyl (C=O) groups is 1.